The maximum atomic E-state index is 4.19. The number of hydrogen-bond donors (Lipinski definition) is 0. The Hall–Kier alpha value is -2.00. The lowest BCUT2D eigenvalue weighted by atomic mass is 10.5. The quantitative estimate of drug-likeness (QED) is 0.754. The van der Waals surface area contributed by atoms with E-state index in [-0.39, 0.29) is 0 Å². The molecular formula is C14H14N2Si. The van der Waals surface area contributed by atoms with E-state index in [9.17, 15) is 0 Å². The van der Waals surface area contributed by atoms with Crippen LogP contribution in [0.3, 0.4) is 0 Å². The minimum atomic E-state index is -2.09. The van der Waals surface area contributed by atoms with Crippen LogP contribution in [0.4, 0.5) is 0 Å². The lowest BCUT2D eigenvalue weighted by Crippen LogP contribution is -2.55. The number of pyridine rings is 2. The van der Waals surface area contributed by atoms with Crippen LogP contribution in [-0.4, -0.2) is 18.0 Å². The molecule has 0 aliphatic rings. The van der Waals surface area contributed by atoms with Crippen molar-refractivity contribution in [1.82, 2.24) is 9.97 Å². The Morgan fingerprint density at radius 2 is 1.35 bits per heavy atom. The summed E-state index contributed by atoms with van der Waals surface area (Å²) in [6.45, 7) is 7.98. The van der Waals surface area contributed by atoms with Crippen LogP contribution in [0.1, 0.15) is 0 Å². The van der Waals surface area contributed by atoms with Crippen molar-refractivity contribution in [3.05, 3.63) is 73.6 Å². The Morgan fingerprint density at radius 3 is 1.65 bits per heavy atom. The molecule has 0 bridgehead atoms. The largest absolute Gasteiger partial charge is 0.265 e. The normalized spacial score (nSPS) is 10.8. The van der Waals surface area contributed by atoms with Gasteiger partial charge >= 0.3 is 0 Å². The summed E-state index contributed by atoms with van der Waals surface area (Å²) in [5, 5.41) is 2.36. The average Bonchev–Trinajstić information content (AvgIpc) is 2.43. The van der Waals surface area contributed by atoms with Gasteiger partial charge in [-0.2, -0.15) is 0 Å². The smallest absolute Gasteiger partial charge is 0.167 e. The molecule has 0 saturated heterocycles. The molecule has 0 aliphatic carbocycles. The second-order valence-corrected chi connectivity index (χ2v) is 7.47. The van der Waals surface area contributed by atoms with E-state index in [1.165, 1.54) is 10.4 Å². The van der Waals surface area contributed by atoms with E-state index in [0.29, 0.717) is 0 Å². The van der Waals surface area contributed by atoms with E-state index < -0.39 is 8.07 Å². The predicted octanol–water partition coefficient (Wildman–Crippen LogP) is 1.49. The summed E-state index contributed by atoms with van der Waals surface area (Å²) in [5.74, 6) is 0. The van der Waals surface area contributed by atoms with Crippen LogP contribution in [0.5, 0.6) is 0 Å². The molecular weight excluding hydrogens is 224 g/mol. The van der Waals surface area contributed by atoms with E-state index in [0.717, 1.165) is 0 Å². The highest BCUT2D eigenvalue weighted by molar-refractivity contribution is 7.09. The van der Waals surface area contributed by atoms with Crippen molar-refractivity contribution in [1.29, 1.82) is 0 Å². The van der Waals surface area contributed by atoms with Crippen LogP contribution in [0, 0.1) is 0 Å². The SMILES string of the molecule is C=C[Si](C=C)(c1cccnc1)c1cccnc1. The summed E-state index contributed by atoms with van der Waals surface area (Å²) in [6, 6.07) is 8.05. The highest BCUT2D eigenvalue weighted by Crippen LogP contribution is 2.06. The van der Waals surface area contributed by atoms with E-state index in [2.05, 4.69) is 35.3 Å². The highest BCUT2D eigenvalue weighted by atomic mass is 28.3. The molecule has 3 heteroatoms. The molecule has 0 spiro atoms. The molecule has 0 saturated carbocycles. The summed E-state index contributed by atoms with van der Waals surface area (Å²) in [6.07, 6.45) is 7.33. The Bertz CT molecular complexity index is 459. The first-order chi connectivity index (χ1) is 8.33. The van der Waals surface area contributed by atoms with Crippen LogP contribution in [0.15, 0.2) is 73.6 Å². The van der Waals surface area contributed by atoms with Crippen molar-refractivity contribution in [3.8, 4) is 0 Å². The van der Waals surface area contributed by atoms with Crippen molar-refractivity contribution >= 4 is 18.4 Å². The van der Waals surface area contributed by atoms with Crippen LogP contribution in [0.2, 0.25) is 0 Å². The van der Waals surface area contributed by atoms with Gasteiger partial charge in [0.15, 0.2) is 8.07 Å². The lowest BCUT2D eigenvalue weighted by molar-refractivity contribution is 1.34. The molecule has 2 aromatic rings. The van der Waals surface area contributed by atoms with Gasteiger partial charge in [-0.3, -0.25) is 9.97 Å². The van der Waals surface area contributed by atoms with Gasteiger partial charge in [0.05, 0.1) is 0 Å². The third-order valence-electron chi connectivity index (χ3n) is 2.92. The zero-order valence-electron chi connectivity index (χ0n) is 9.58. The number of hydrogen-bond acceptors (Lipinski definition) is 2. The first kappa shape index (κ1) is 11.5. The molecule has 0 aromatic carbocycles. The Balaban J connectivity index is 2.62. The molecule has 0 amide bonds. The van der Waals surface area contributed by atoms with E-state index in [4.69, 9.17) is 0 Å². The number of aromatic nitrogens is 2. The van der Waals surface area contributed by atoms with E-state index >= 15 is 0 Å². The van der Waals surface area contributed by atoms with Crippen molar-refractivity contribution in [3.63, 3.8) is 0 Å². The summed E-state index contributed by atoms with van der Waals surface area (Å²) >= 11 is 0. The zero-order chi connectivity index (χ0) is 12.1. The minimum absolute atomic E-state index is 1.18. The van der Waals surface area contributed by atoms with E-state index in [1.54, 1.807) is 12.4 Å². The second-order valence-electron chi connectivity index (χ2n) is 3.76. The van der Waals surface area contributed by atoms with Crippen LogP contribution in [0.25, 0.3) is 0 Å². The standard InChI is InChI=1S/C14H14N2Si/c1-3-17(4-2,13-7-5-9-15-11-13)14-8-6-10-16-12-14/h3-12H,1-2H2. The molecule has 2 heterocycles. The molecule has 17 heavy (non-hydrogen) atoms. The maximum absolute atomic E-state index is 4.19. The number of rotatable bonds is 4. The zero-order valence-corrected chi connectivity index (χ0v) is 10.6. The van der Waals surface area contributed by atoms with Gasteiger partial charge in [-0.25, -0.2) is 0 Å². The molecule has 0 aliphatic heterocycles. The van der Waals surface area contributed by atoms with Gasteiger partial charge in [0, 0.05) is 24.8 Å². The molecule has 0 radical (unpaired) electrons. The summed E-state index contributed by atoms with van der Waals surface area (Å²) < 4.78 is 0. The Morgan fingerprint density at radius 1 is 0.882 bits per heavy atom. The Kier molecular flexibility index (Phi) is 3.30. The molecule has 84 valence electrons. The van der Waals surface area contributed by atoms with Gasteiger partial charge < -0.3 is 0 Å². The second kappa shape index (κ2) is 4.89. The molecule has 2 aromatic heterocycles. The van der Waals surface area contributed by atoms with Crippen LogP contribution < -0.4 is 10.4 Å². The minimum Gasteiger partial charge on any atom is -0.265 e. The molecule has 0 atom stereocenters. The maximum Gasteiger partial charge on any atom is 0.167 e. The van der Waals surface area contributed by atoms with Crippen LogP contribution >= 0.6 is 0 Å². The van der Waals surface area contributed by atoms with Gasteiger partial charge in [0.2, 0.25) is 0 Å². The first-order valence-corrected chi connectivity index (χ1v) is 7.57. The fourth-order valence-electron chi connectivity index (χ4n) is 1.94. The van der Waals surface area contributed by atoms with Gasteiger partial charge in [-0.1, -0.05) is 23.5 Å². The van der Waals surface area contributed by atoms with Crippen molar-refractivity contribution in [2.45, 2.75) is 0 Å². The monoisotopic (exact) mass is 238 g/mol. The molecule has 0 N–H and O–H groups in total. The molecule has 2 nitrogen and oxygen atoms in total. The fraction of sp³-hybridized carbons (Fsp3) is 0. The topological polar surface area (TPSA) is 25.8 Å². The summed E-state index contributed by atoms with van der Waals surface area (Å²) in [7, 11) is -2.09. The van der Waals surface area contributed by atoms with E-state index in [1.807, 2.05) is 35.9 Å². The first-order valence-electron chi connectivity index (χ1n) is 5.41. The highest BCUT2D eigenvalue weighted by Gasteiger charge is 2.31. The van der Waals surface area contributed by atoms with Crippen LogP contribution in [-0.2, 0) is 0 Å². The molecule has 0 fully saturated rings. The van der Waals surface area contributed by atoms with Gasteiger partial charge in [-0.05, 0) is 22.5 Å². The molecule has 2 rings (SSSR count). The van der Waals surface area contributed by atoms with Gasteiger partial charge in [0.1, 0.15) is 0 Å². The fourth-order valence-corrected chi connectivity index (χ4v) is 4.70. The van der Waals surface area contributed by atoms with Crippen molar-refractivity contribution < 1.29 is 0 Å². The lowest BCUT2D eigenvalue weighted by Gasteiger charge is -2.24. The van der Waals surface area contributed by atoms with Crippen molar-refractivity contribution in [2.75, 3.05) is 0 Å². The molecule has 0 unspecified atom stereocenters. The number of nitrogens with zero attached hydrogens (tertiary/aromatic N) is 2. The van der Waals surface area contributed by atoms with Gasteiger partial charge in [-0.15, -0.1) is 13.2 Å². The summed E-state index contributed by atoms with van der Waals surface area (Å²) in [5.41, 5.74) is 4.02. The third kappa shape index (κ3) is 1.97. The average molecular weight is 238 g/mol. The van der Waals surface area contributed by atoms with Crippen molar-refractivity contribution in [2.24, 2.45) is 0 Å². The predicted molar refractivity (Wildman–Crippen MR) is 73.9 cm³/mol. The Labute approximate surface area is 102 Å². The summed E-state index contributed by atoms with van der Waals surface area (Å²) in [4.78, 5) is 8.38. The van der Waals surface area contributed by atoms with Gasteiger partial charge in [0.25, 0.3) is 0 Å². The third-order valence-corrected chi connectivity index (χ3v) is 6.71.